The van der Waals surface area contributed by atoms with Crippen molar-refractivity contribution >= 4 is 11.7 Å². The first-order chi connectivity index (χ1) is 14.4. The van der Waals surface area contributed by atoms with E-state index in [1.807, 2.05) is 19.1 Å². The number of piperidine rings is 1. The molecule has 2 saturated heterocycles. The Balaban J connectivity index is 1.50. The summed E-state index contributed by atoms with van der Waals surface area (Å²) in [4.78, 5) is 24.7. The van der Waals surface area contributed by atoms with Gasteiger partial charge >= 0.3 is 0 Å². The average molecular weight is 409 g/mol. The monoisotopic (exact) mass is 408 g/mol. The maximum absolute atomic E-state index is 13.8. The van der Waals surface area contributed by atoms with Crippen molar-refractivity contribution in [3.63, 3.8) is 0 Å². The molecule has 0 unspecified atom stereocenters. The first kappa shape index (κ1) is 20.8. The predicted octanol–water partition coefficient (Wildman–Crippen LogP) is 3.29. The number of nitrogens with two attached hydrogens (primary N) is 1. The summed E-state index contributed by atoms with van der Waals surface area (Å²) in [6, 6.07) is 12.3. The Kier molecular flexibility index (Phi) is 5.78. The van der Waals surface area contributed by atoms with Gasteiger partial charge in [-0.05, 0) is 44.6 Å². The molecule has 2 fully saturated rings. The first-order valence-corrected chi connectivity index (χ1v) is 10.9. The van der Waals surface area contributed by atoms with Crippen LogP contribution in [-0.2, 0) is 21.4 Å². The number of amides is 1. The highest BCUT2D eigenvalue weighted by molar-refractivity contribution is 5.83. The summed E-state index contributed by atoms with van der Waals surface area (Å²) in [7, 11) is 0. The molecule has 2 aliphatic rings. The van der Waals surface area contributed by atoms with E-state index >= 15 is 0 Å². The Bertz CT molecular complexity index is 865. The molecule has 1 amide bonds. The van der Waals surface area contributed by atoms with Crippen molar-refractivity contribution in [3.8, 4) is 0 Å². The van der Waals surface area contributed by atoms with E-state index in [1.165, 1.54) is 5.56 Å². The van der Waals surface area contributed by atoms with E-state index in [0.29, 0.717) is 24.9 Å². The number of likely N-dealkylation sites (tertiary alicyclic amines) is 1. The second-order valence-corrected chi connectivity index (χ2v) is 9.13. The number of carbonyl (C=O) groups excluding carboxylic acids is 1. The Labute approximate surface area is 178 Å². The molecule has 2 aliphatic heterocycles. The van der Waals surface area contributed by atoms with Crippen LogP contribution in [0.15, 0.2) is 36.4 Å². The van der Waals surface area contributed by atoms with Gasteiger partial charge in [0, 0.05) is 37.8 Å². The van der Waals surface area contributed by atoms with Gasteiger partial charge in [-0.1, -0.05) is 37.3 Å². The molecule has 4 rings (SSSR count). The summed E-state index contributed by atoms with van der Waals surface area (Å²) in [5.74, 6) is 1.50. The van der Waals surface area contributed by atoms with Crippen molar-refractivity contribution in [2.45, 2.75) is 51.4 Å². The highest BCUT2D eigenvalue weighted by Crippen LogP contribution is 2.40. The molecule has 1 aromatic heterocycles. The molecule has 2 aromatic rings. The molecule has 0 spiro atoms. The summed E-state index contributed by atoms with van der Waals surface area (Å²) in [5, 5.41) is 0. The fourth-order valence-electron chi connectivity index (χ4n) is 4.91. The fourth-order valence-corrected chi connectivity index (χ4v) is 4.91. The van der Waals surface area contributed by atoms with Crippen molar-refractivity contribution in [2.75, 3.05) is 32.0 Å². The van der Waals surface area contributed by atoms with Gasteiger partial charge < -0.3 is 15.4 Å². The van der Waals surface area contributed by atoms with Crippen molar-refractivity contribution in [2.24, 2.45) is 5.41 Å². The van der Waals surface area contributed by atoms with Gasteiger partial charge in [0.15, 0.2) is 0 Å². The summed E-state index contributed by atoms with van der Waals surface area (Å²) in [5.41, 5.74) is 7.73. The molecule has 0 saturated carbocycles. The van der Waals surface area contributed by atoms with Crippen molar-refractivity contribution in [1.29, 1.82) is 0 Å². The van der Waals surface area contributed by atoms with Crippen LogP contribution < -0.4 is 5.73 Å². The summed E-state index contributed by atoms with van der Waals surface area (Å²) < 4.78 is 5.62. The molecule has 1 aromatic carbocycles. The fraction of sp³-hybridized carbons (Fsp3) is 0.542. The zero-order valence-corrected chi connectivity index (χ0v) is 18.1. The van der Waals surface area contributed by atoms with Crippen LogP contribution in [0.5, 0.6) is 0 Å². The summed E-state index contributed by atoms with van der Waals surface area (Å²) >= 11 is 0. The van der Waals surface area contributed by atoms with Gasteiger partial charge in [0.05, 0.1) is 11.1 Å². The number of nitrogens with zero attached hydrogens (tertiary/aromatic N) is 3. The van der Waals surface area contributed by atoms with E-state index in [2.05, 4.69) is 46.1 Å². The predicted molar refractivity (Wildman–Crippen MR) is 117 cm³/mol. The number of hydrogen-bond donors (Lipinski definition) is 1. The second-order valence-electron chi connectivity index (χ2n) is 9.13. The number of rotatable bonds is 4. The zero-order valence-electron chi connectivity index (χ0n) is 18.1. The van der Waals surface area contributed by atoms with Crippen molar-refractivity contribution in [1.82, 2.24) is 14.9 Å². The molecule has 6 heteroatoms. The van der Waals surface area contributed by atoms with Gasteiger partial charge in [-0.3, -0.25) is 4.79 Å². The second kappa shape index (κ2) is 8.34. The van der Waals surface area contributed by atoms with Gasteiger partial charge in [0.2, 0.25) is 5.91 Å². The van der Waals surface area contributed by atoms with Crippen LogP contribution in [0.1, 0.15) is 49.7 Å². The number of benzene rings is 1. The third-order valence-corrected chi connectivity index (χ3v) is 6.92. The van der Waals surface area contributed by atoms with Crippen LogP contribution in [0.2, 0.25) is 0 Å². The molecule has 30 heavy (non-hydrogen) atoms. The molecule has 0 atom stereocenters. The van der Waals surface area contributed by atoms with Gasteiger partial charge in [0.25, 0.3) is 0 Å². The maximum Gasteiger partial charge on any atom is 0.229 e. The SMILES string of the molecule is Cc1nc(N)cc(C2(C)CCN(C(=O)C3(Cc4ccccc4)CCOCC3)CC2)n1. The van der Waals surface area contributed by atoms with Crippen LogP contribution in [-0.4, -0.2) is 47.1 Å². The van der Waals surface area contributed by atoms with Crippen LogP contribution in [0, 0.1) is 12.3 Å². The normalized spacial score (nSPS) is 20.7. The van der Waals surface area contributed by atoms with Crippen LogP contribution in [0.25, 0.3) is 0 Å². The van der Waals surface area contributed by atoms with Crippen LogP contribution >= 0.6 is 0 Å². The number of ether oxygens (including phenoxy) is 1. The highest BCUT2D eigenvalue weighted by Gasteiger charge is 2.44. The van der Waals surface area contributed by atoms with Gasteiger partial charge in [0.1, 0.15) is 11.6 Å². The smallest absolute Gasteiger partial charge is 0.229 e. The summed E-state index contributed by atoms with van der Waals surface area (Å²) in [6.45, 7) is 6.91. The van der Waals surface area contributed by atoms with E-state index in [9.17, 15) is 4.79 Å². The van der Waals surface area contributed by atoms with Crippen LogP contribution in [0.4, 0.5) is 5.82 Å². The molecule has 6 nitrogen and oxygen atoms in total. The Morgan fingerprint density at radius 3 is 2.40 bits per heavy atom. The molecular weight excluding hydrogens is 376 g/mol. The van der Waals surface area contributed by atoms with Gasteiger partial charge in [-0.2, -0.15) is 0 Å². The Hall–Kier alpha value is -2.47. The largest absolute Gasteiger partial charge is 0.384 e. The number of hydrogen-bond acceptors (Lipinski definition) is 5. The minimum absolute atomic E-state index is 0.0825. The van der Waals surface area contributed by atoms with Crippen LogP contribution in [0.3, 0.4) is 0 Å². The molecule has 3 heterocycles. The quantitative estimate of drug-likeness (QED) is 0.840. The van der Waals surface area contributed by atoms with E-state index < -0.39 is 0 Å². The Morgan fingerprint density at radius 2 is 1.77 bits per heavy atom. The van der Waals surface area contributed by atoms with E-state index in [4.69, 9.17) is 10.5 Å². The summed E-state index contributed by atoms with van der Waals surface area (Å²) in [6.07, 6.45) is 4.12. The average Bonchev–Trinajstić information content (AvgIpc) is 2.74. The van der Waals surface area contributed by atoms with Gasteiger partial charge in [-0.15, -0.1) is 0 Å². The highest BCUT2D eigenvalue weighted by atomic mass is 16.5. The lowest BCUT2D eigenvalue weighted by Crippen LogP contribution is -2.52. The number of aryl methyl sites for hydroxylation is 1. The molecule has 160 valence electrons. The maximum atomic E-state index is 13.8. The minimum atomic E-state index is -0.358. The van der Waals surface area contributed by atoms with Crippen molar-refractivity contribution < 1.29 is 9.53 Å². The number of anilines is 1. The molecule has 2 N–H and O–H groups in total. The lowest BCUT2D eigenvalue weighted by atomic mass is 9.72. The van der Waals surface area contributed by atoms with E-state index in [1.54, 1.807) is 0 Å². The number of carbonyl (C=O) groups is 1. The van der Waals surface area contributed by atoms with Gasteiger partial charge in [-0.25, -0.2) is 9.97 Å². The molecule has 0 aliphatic carbocycles. The number of nitrogen functional groups attached to an aromatic ring is 1. The third kappa shape index (κ3) is 4.19. The lowest BCUT2D eigenvalue weighted by Gasteiger charge is -2.44. The van der Waals surface area contributed by atoms with E-state index in [-0.39, 0.29) is 16.7 Å². The third-order valence-electron chi connectivity index (χ3n) is 6.92. The van der Waals surface area contributed by atoms with E-state index in [0.717, 1.165) is 50.9 Å². The first-order valence-electron chi connectivity index (χ1n) is 10.9. The topological polar surface area (TPSA) is 81.3 Å². The molecule has 0 radical (unpaired) electrons. The zero-order chi connectivity index (χ0) is 21.2. The Morgan fingerprint density at radius 1 is 1.10 bits per heavy atom. The standard InChI is InChI=1S/C24H32N4O2/c1-18-26-20(16-21(25)27-18)23(2)8-12-28(13-9-23)22(29)24(10-14-30-15-11-24)17-19-6-4-3-5-7-19/h3-7,16H,8-15,17H2,1-2H3,(H2,25,26,27). The molecular formula is C24H32N4O2. The molecule has 0 bridgehead atoms. The van der Waals surface area contributed by atoms with Crippen molar-refractivity contribution in [3.05, 3.63) is 53.5 Å². The lowest BCUT2D eigenvalue weighted by molar-refractivity contribution is -0.149. The number of aromatic nitrogens is 2. The minimum Gasteiger partial charge on any atom is -0.384 e.